The topological polar surface area (TPSA) is 59.6 Å². The van der Waals surface area contributed by atoms with Gasteiger partial charge in [-0.1, -0.05) is 0 Å². The predicted molar refractivity (Wildman–Crippen MR) is 70.9 cm³/mol. The molecule has 0 aromatic carbocycles. The summed E-state index contributed by atoms with van der Waals surface area (Å²) in [5, 5.41) is 6.37. The summed E-state index contributed by atoms with van der Waals surface area (Å²) in [6, 6.07) is 0.205. The number of hydrogen-bond donors (Lipinski definition) is 2. The van der Waals surface area contributed by atoms with E-state index in [4.69, 9.17) is 9.47 Å². The van der Waals surface area contributed by atoms with Crippen molar-refractivity contribution in [3.05, 3.63) is 0 Å². The van der Waals surface area contributed by atoms with Gasteiger partial charge >= 0.3 is 0 Å². The monoisotopic (exact) mass is 268 g/mol. The van der Waals surface area contributed by atoms with Gasteiger partial charge in [-0.3, -0.25) is 4.79 Å². The van der Waals surface area contributed by atoms with Gasteiger partial charge in [-0.05, 0) is 51.1 Å². The highest BCUT2D eigenvalue weighted by molar-refractivity contribution is 5.77. The van der Waals surface area contributed by atoms with Crippen LogP contribution in [0.5, 0.6) is 0 Å². The molecule has 0 aromatic heterocycles. The van der Waals surface area contributed by atoms with Crippen molar-refractivity contribution in [2.75, 3.05) is 26.3 Å². The van der Waals surface area contributed by atoms with Crippen LogP contribution in [0.2, 0.25) is 0 Å². The SMILES string of the molecule is O=C(COC1CCNCC1)NC1CCOC1C1CC1. The molecule has 108 valence electrons. The Morgan fingerprint density at radius 2 is 2.00 bits per heavy atom. The lowest BCUT2D eigenvalue weighted by molar-refractivity contribution is -0.129. The molecule has 3 rings (SSSR count). The molecule has 19 heavy (non-hydrogen) atoms. The normalized spacial score (nSPS) is 32.4. The number of rotatable bonds is 5. The number of carbonyl (C=O) groups is 1. The highest BCUT2D eigenvalue weighted by atomic mass is 16.5. The highest BCUT2D eigenvalue weighted by Gasteiger charge is 2.41. The molecule has 0 radical (unpaired) electrons. The molecule has 1 aliphatic carbocycles. The van der Waals surface area contributed by atoms with Crippen molar-refractivity contribution >= 4 is 5.91 Å². The third-order valence-corrected chi connectivity index (χ3v) is 4.31. The van der Waals surface area contributed by atoms with Gasteiger partial charge < -0.3 is 20.1 Å². The molecule has 0 bridgehead atoms. The summed E-state index contributed by atoms with van der Waals surface area (Å²) in [5.74, 6) is 0.692. The van der Waals surface area contributed by atoms with Gasteiger partial charge in [-0.15, -0.1) is 0 Å². The summed E-state index contributed by atoms with van der Waals surface area (Å²) in [4.78, 5) is 11.9. The van der Waals surface area contributed by atoms with Gasteiger partial charge in [0.15, 0.2) is 0 Å². The van der Waals surface area contributed by atoms with Crippen molar-refractivity contribution in [1.82, 2.24) is 10.6 Å². The number of carbonyl (C=O) groups excluding carboxylic acids is 1. The lowest BCUT2D eigenvalue weighted by Crippen LogP contribution is -2.44. The van der Waals surface area contributed by atoms with Crippen LogP contribution in [0.4, 0.5) is 0 Å². The van der Waals surface area contributed by atoms with E-state index in [1.54, 1.807) is 0 Å². The van der Waals surface area contributed by atoms with Crippen LogP contribution in [0.1, 0.15) is 32.1 Å². The predicted octanol–water partition coefficient (Wildman–Crippen LogP) is 0.439. The van der Waals surface area contributed by atoms with Crippen molar-refractivity contribution in [3.8, 4) is 0 Å². The first-order chi connectivity index (χ1) is 9.33. The van der Waals surface area contributed by atoms with Gasteiger partial charge in [0, 0.05) is 6.61 Å². The minimum absolute atomic E-state index is 0.0136. The second-order valence-electron chi connectivity index (χ2n) is 5.90. The van der Waals surface area contributed by atoms with E-state index in [9.17, 15) is 4.79 Å². The lowest BCUT2D eigenvalue weighted by Gasteiger charge is -2.24. The standard InChI is InChI=1S/C14H24N2O3/c17-13(9-19-11-3-6-15-7-4-11)16-12-5-8-18-14(12)10-1-2-10/h10-12,14-15H,1-9H2,(H,16,17). The Balaban J connectivity index is 1.38. The zero-order valence-electron chi connectivity index (χ0n) is 11.4. The van der Waals surface area contributed by atoms with Crippen LogP contribution >= 0.6 is 0 Å². The van der Waals surface area contributed by atoms with E-state index in [2.05, 4.69) is 10.6 Å². The quantitative estimate of drug-likeness (QED) is 0.759. The van der Waals surface area contributed by atoms with E-state index in [0.717, 1.165) is 39.0 Å². The molecule has 3 aliphatic rings. The number of amides is 1. The van der Waals surface area contributed by atoms with Crippen LogP contribution in [0.3, 0.4) is 0 Å². The minimum atomic E-state index is 0.0136. The first-order valence-corrected chi connectivity index (χ1v) is 7.56. The average Bonchev–Trinajstić information content (AvgIpc) is 3.18. The summed E-state index contributed by atoms with van der Waals surface area (Å²) < 4.78 is 11.4. The molecule has 2 saturated heterocycles. The van der Waals surface area contributed by atoms with Crippen LogP contribution in [0.15, 0.2) is 0 Å². The van der Waals surface area contributed by atoms with Crippen molar-refractivity contribution in [1.29, 1.82) is 0 Å². The Labute approximate surface area is 114 Å². The summed E-state index contributed by atoms with van der Waals surface area (Å²) in [7, 11) is 0. The molecule has 2 N–H and O–H groups in total. The third-order valence-electron chi connectivity index (χ3n) is 4.31. The average molecular weight is 268 g/mol. The fourth-order valence-electron chi connectivity index (χ4n) is 3.06. The van der Waals surface area contributed by atoms with Crippen molar-refractivity contribution in [2.24, 2.45) is 5.92 Å². The minimum Gasteiger partial charge on any atom is -0.376 e. The number of hydrogen-bond acceptors (Lipinski definition) is 4. The Morgan fingerprint density at radius 1 is 1.21 bits per heavy atom. The van der Waals surface area contributed by atoms with Crippen LogP contribution < -0.4 is 10.6 Å². The van der Waals surface area contributed by atoms with E-state index in [1.165, 1.54) is 12.8 Å². The van der Waals surface area contributed by atoms with Crippen molar-refractivity contribution in [2.45, 2.75) is 50.4 Å². The van der Waals surface area contributed by atoms with Crippen LogP contribution in [-0.4, -0.2) is 50.5 Å². The number of piperidine rings is 1. The van der Waals surface area contributed by atoms with Gasteiger partial charge in [0.2, 0.25) is 5.91 Å². The smallest absolute Gasteiger partial charge is 0.246 e. The largest absolute Gasteiger partial charge is 0.376 e. The maximum Gasteiger partial charge on any atom is 0.246 e. The van der Waals surface area contributed by atoms with Gasteiger partial charge in [0.1, 0.15) is 6.61 Å². The molecule has 1 saturated carbocycles. The van der Waals surface area contributed by atoms with Crippen molar-refractivity contribution in [3.63, 3.8) is 0 Å². The lowest BCUT2D eigenvalue weighted by atomic mass is 10.1. The molecule has 0 aromatic rings. The molecule has 5 heteroatoms. The Bertz CT molecular complexity index is 314. The first kappa shape index (κ1) is 13.3. The van der Waals surface area contributed by atoms with E-state index >= 15 is 0 Å². The van der Waals surface area contributed by atoms with Gasteiger partial charge in [0.25, 0.3) is 0 Å². The number of nitrogens with one attached hydrogen (secondary N) is 2. The third kappa shape index (κ3) is 3.68. The van der Waals surface area contributed by atoms with Crippen LogP contribution in [0.25, 0.3) is 0 Å². The number of ether oxygens (including phenoxy) is 2. The molecule has 5 nitrogen and oxygen atoms in total. The second kappa shape index (κ2) is 6.20. The molecule has 2 unspecified atom stereocenters. The Kier molecular flexibility index (Phi) is 4.35. The molecule has 1 amide bonds. The maximum absolute atomic E-state index is 11.9. The molecule has 2 aliphatic heterocycles. The van der Waals surface area contributed by atoms with Crippen LogP contribution in [-0.2, 0) is 14.3 Å². The first-order valence-electron chi connectivity index (χ1n) is 7.56. The molecule has 2 heterocycles. The molecule has 3 fully saturated rings. The molecule has 0 spiro atoms. The fraction of sp³-hybridized carbons (Fsp3) is 0.929. The fourth-order valence-corrected chi connectivity index (χ4v) is 3.06. The van der Waals surface area contributed by atoms with E-state index < -0.39 is 0 Å². The molecule has 2 atom stereocenters. The van der Waals surface area contributed by atoms with E-state index in [-0.39, 0.29) is 30.8 Å². The van der Waals surface area contributed by atoms with Crippen LogP contribution in [0, 0.1) is 5.92 Å². The molecular formula is C14H24N2O3. The van der Waals surface area contributed by atoms with Gasteiger partial charge in [0.05, 0.1) is 18.2 Å². The zero-order valence-corrected chi connectivity index (χ0v) is 11.4. The summed E-state index contributed by atoms with van der Waals surface area (Å²) in [6.07, 6.45) is 5.95. The summed E-state index contributed by atoms with van der Waals surface area (Å²) in [6.45, 7) is 2.96. The van der Waals surface area contributed by atoms with E-state index in [0.29, 0.717) is 5.92 Å². The Morgan fingerprint density at radius 3 is 2.74 bits per heavy atom. The van der Waals surface area contributed by atoms with Gasteiger partial charge in [-0.25, -0.2) is 0 Å². The summed E-state index contributed by atoms with van der Waals surface area (Å²) in [5.41, 5.74) is 0. The second-order valence-corrected chi connectivity index (χ2v) is 5.90. The zero-order chi connectivity index (χ0) is 13.1. The summed E-state index contributed by atoms with van der Waals surface area (Å²) >= 11 is 0. The Hall–Kier alpha value is -0.650. The van der Waals surface area contributed by atoms with E-state index in [1.807, 2.05) is 0 Å². The highest BCUT2D eigenvalue weighted by Crippen LogP contribution is 2.38. The maximum atomic E-state index is 11.9. The molecular weight excluding hydrogens is 244 g/mol. The van der Waals surface area contributed by atoms with Crippen molar-refractivity contribution < 1.29 is 14.3 Å². The van der Waals surface area contributed by atoms with Gasteiger partial charge in [-0.2, -0.15) is 0 Å².